The van der Waals surface area contributed by atoms with Gasteiger partial charge in [-0.05, 0) is 45.0 Å². The molecule has 112 valence electrons. The Labute approximate surface area is 120 Å². The van der Waals surface area contributed by atoms with E-state index in [2.05, 4.69) is 21.5 Å². The number of piperidine rings is 1. The van der Waals surface area contributed by atoms with Gasteiger partial charge in [0.2, 0.25) is 10.0 Å². The molecule has 6 nitrogen and oxygen atoms in total. The van der Waals surface area contributed by atoms with Gasteiger partial charge in [-0.3, -0.25) is 4.90 Å². The number of nitrogens with zero attached hydrogens (tertiary/aromatic N) is 2. The predicted octanol–water partition coefficient (Wildman–Crippen LogP) is 0.816. The topological polar surface area (TPSA) is 88.3 Å². The molecule has 1 atom stereocenters. The van der Waals surface area contributed by atoms with Gasteiger partial charge in [-0.15, -0.1) is 0 Å². The Morgan fingerprint density at radius 3 is 2.65 bits per heavy atom. The molecule has 1 unspecified atom stereocenters. The van der Waals surface area contributed by atoms with Gasteiger partial charge in [0.1, 0.15) is 10.7 Å². The molecule has 1 aromatic heterocycles. The third-order valence-corrected chi connectivity index (χ3v) is 5.06. The van der Waals surface area contributed by atoms with Crippen LogP contribution in [0.15, 0.2) is 23.2 Å². The largest absolute Gasteiger partial charge is 0.384 e. The number of rotatable bonds is 5. The zero-order chi connectivity index (χ0) is 14.6. The molecule has 0 saturated carbocycles. The molecular formula is C13H22N4O2S. The Hall–Kier alpha value is -1.18. The van der Waals surface area contributed by atoms with Gasteiger partial charge in [0.25, 0.3) is 0 Å². The fourth-order valence-corrected chi connectivity index (χ4v) is 3.42. The van der Waals surface area contributed by atoms with E-state index in [-0.39, 0.29) is 10.9 Å². The summed E-state index contributed by atoms with van der Waals surface area (Å²) < 4.78 is 26.9. The number of hydrogen-bond acceptors (Lipinski definition) is 5. The van der Waals surface area contributed by atoms with Crippen LogP contribution < -0.4 is 10.5 Å². The summed E-state index contributed by atoms with van der Waals surface area (Å²) in [7, 11) is -3.51. The molecule has 0 amide bonds. The van der Waals surface area contributed by atoms with Gasteiger partial charge < -0.3 is 5.73 Å². The maximum Gasteiger partial charge on any atom is 0.242 e. The van der Waals surface area contributed by atoms with Gasteiger partial charge in [-0.1, -0.05) is 6.42 Å². The number of likely N-dealkylation sites (tertiary alicyclic amines) is 1. The second-order valence-corrected chi connectivity index (χ2v) is 6.98. The normalized spacial score (nSPS) is 18.9. The molecular weight excluding hydrogens is 276 g/mol. The maximum absolute atomic E-state index is 12.1. The van der Waals surface area contributed by atoms with E-state index in [1.807, 2.05) is 0 Å². The molecule has 1 saturated heterocycles. The minimum atomic E-state index is -3.51. The van der Waals surface area contributed by atoms with Crippen molar-refractivity contribution < 1.29 is 8.42 Å². The van der Waals surface area contributed by atoms with E-state index in [9.17, 15) is 8.42 Å². The van der Waals surface area contributed by atoms with Crippen LogP contribution >= 0.6 is 0 Å². The number of aromatic nitrogens is 1. The highest BCUT2D eigenvalue weighted by atomic mass is 32.2. The first-order valence-electron chi connectivity index (χ1n) is 6.94. The lowest BCUT2D eigenvalue weighted by molar-refractivity contribution is 0.175. The summed E-state index contributed by atoms with van der Waals surface area (Å²) in [5.74, 6) is 0.311. The van der Waals surface area contributed by atoms with Crippen LogP contribution in [0.25, 0.3) is 0 Å². The highest BCUT2D eigenvalue weighted by Gasteiger charge is 2.20. The Bertz CT molecular complexity index is 524. The molecule has 0 aliphatic carbocycles. The number of sulfonamides is 1. The first kappa shape index (κ1) is 15.2. The summed E-state index contributed by atoms with van der Waals surface area (Å²) in [5, 5.41) is 0. The Kier molecular flexibility index (Phi) is 4.95. The molecule has 3 N–H and O–H groups in total. The third-order valence-electron chi connectivity index (χ3n) is 3.65. The zero-order valence-electron chi connectivity index (χ0n) is 11.7. The molecule has 0 spiro atoms. The Morgan fingerprint density at radius 2 is 2.05 bits per heavy atom. The molecule has 2 rings (SSSR count). The highest BCUT2D eigenvalue weighted by molar-refractivity contribution is 7.89. The van der Waals surface area contributed by atoms with Crippen molar-refractivity contribution in [2.45, 2.75) is 37.1 Å². The lowest BCUT2D eigenvalue weighted by atomic mass is 10.1. The number of nitrogen functional groups attached to an aromatic ring is 1. The van der Waals surface area contributed by atoms with Crippen LogP contribution in [0.5, 0.6) is 0 Å². The van der Waals surface area contributed by atoms with Crippen molar-refractivity contribution >= 4 is 15.8 Å². The van der Waals surface area contributed by atoms with Crippen LogP contribution in [0.3, 0.4) is 0 Å². The maximum atomic E-state index is 12.1. The lowest BCUT2D eigenvalue weighted by Gasteiger charge is -2.32. The molecule has 20 heavy (non-hydrogen) atoms. The van der Waals surface area contributed by atoms with Crippen molar-refractivity contribution in [1.82, 2.24) is 14.6 Å². The van der Waals surface area contributed by atoms with Crippen LogP contribution in [0.4, 0.5) is 5.82 Å². The number of hydrogen-bond donors (Lipinski definition) is 2. The summed E-state index contributed by atoms with van der Waals surface area (Å²) in [4.78, 5) is 6.29. The summed E-state index contributed by atoms with van der Waals surface area (Å²) in [6.07, 6.45) is 4.94. The molecule has 0 aromatic carbocycles. The Balaban J connectivity index is 1.93. The number of nitrogens with one attached hydrogen (secondary N) is 1. The van der Waals surface area contributed by atoms with E-state index in [0.717, 1.165) is 13.1 Å². The van der Waals surface area contributed by atoms with Crippen LogP contribution in [0, 0.1) is 0 Å². The lowest BCUT2D eigenvalue weighted by Crippen LogP contribution is -2.44. The van der Waals surface area contributed by atoms with Crippen LogP contribution in [-0.4, -0.2) is 44.0 Å². The van der Waals surface area contributed by atoms with Crippen LogP contribution in [0.1, 0.15) is 26.2 Å². The van der Waals surface area contributed by atoms with Gasteiger partial charge in [0.15, 0.2) is 0 Å². The highest BCUT2D eigenvalue weighted by Crippen LogP contribution is 2.13. The van der Waals surface area contributed by atoms with Gasteiger partial charge >= 0.3 is 0 Å². The second kappa shape index (κ2) is 6.51. The van der Waals surface area contributed by atoms with Crippen molar-refractivity contribution in [3.8, 4) is 0 Å². The van der Waals surface area contributed by atoms with E-state index in [4.69, 9.17) is 5.73 Å². The van der Waals surface area contributed by atoms with E-state index in [1.54, 1.807) is 0 Å². The van der Waals surface area contributed by atoms with E-state index in [0.29, 0.717) is 12.4 Å². The average molecular weight is 298 g/mol. The van der Waals surface area contributed by atoms with Gasteiger partial charge in [-0.2, -0.15) is 0 Å². The number of anilines is 1. The molecule has 7 heteroatoms. The van der Waals surface area contributed by atoms with Crippen molar-refractivity contribution in [3.63, 3.8) is 0 Å². The van der Waals surface area contributed by atoms with Crippen molar-refractivity contribution in [2.75, 3.05) is 25.4 Å². The standard InChI is InChI=1S/C13H22N4O2S/c1-11(17-7-3-2-4-8-17)9-16-20(18,19)12-5-6-13(14)15-10-12/h5-6,10-11,16H,2-4,7-9H2,1H3,(H2,14,15). The fraction of sp³-hybridized carbons (Fsp3) is 0.615. The second-order valence-electron chi connectivity index (χ2n) is 5.22. The zero-order valence-corrected chi connectivity index (χ0v) is 12.6. The van der Waals surface area contributed by atoms with Crippen LogP contribution in [0.2, 0.25) is 0 Å². The van der Waals surface area contributed by atoms with Crippen molar-refractivity contribution in [3.05, 3.63) is 18.3 Å². The summed E-state index contributed by atoms with van der Waals surface area (Å²) in [6, 6.07) is 3.16. The van der Waals surface area contributed by atoms with Gasteiger partial charge in [-0.25, -0.2) is 18.1 Å². The molecule has 0 bridgehead atoms. The van der Waals surface area contributed by atoms with E-state index in [1.165, 1.54) is 37.6 Å². The quantitative estimate of drug-likeness (QED) is 0.840. The Morgan fingerprint density at radius 1 is 1.35 bits per heavy atom. The molecule has 1 aliphatic rings. The predicted molar refractivity (Wildman–Crippen MR) is 78.7 cm³/mol. The first-order valence-corrected chi connectivity index (χ1v) is 8.42. The van der Waals surface area contributed by atoms with Crippen molar-refractivity contribution in [2.24, 2.45) is 0 Å². The smallest absolute Gasteiger partial charge is 0.242 e. The number of nitrogens with two attached hydrogens (primary N) is 1. The SMILES string of the molecule is CC(CNS(=O)(=O)c1ccc(N)nc1)N1CCCCC1. The van der Waals surface area contributed by atoms with E-state index >= 15 is 0 Å². The average Bonchev–Trinajstić information content (AvgIpc) is 2.46. The van der Waals surface area contributed by atoms with Crippen LogP contribution in [-0.2, 0) is 10.0 Å². The molecule has 1 fully saturated rings. The van der Waals surface area contributed by atoms with Gasteiger partial charge in [0, 0.05) is 18.8 Å². The monoisotopic (exact) mass is 298 g/mol. The van der Waals surface area contributed by atoms with Crippen molar-refractivity contribution in [1.29, 1.82) is 0 Å². The number of pyridine rings is 1. The molecule has 1 aliphatic heterocycles. The fourth-order valence-electron chi connectivity index (χ4n) is 2.35. The summed E-state index contributed by atoms with van der Waals surface area (Å²) in [5.41, 5.74) is 5.46. The minimum Gasteiger partial charge on any atom is -0.384 e. The first-order chi connectivity index (χ1) is 9.49. The molecule has 0 radical (unpaired) electrons. The summed E-state index contributed by atoms with van der Waals surface area (Å²) in [6.45, 7) is 4.56. The summed E-state index contributed by atoms with van der Waals surface area (Å²) >= 11 is 0. The minimum absolute atomic E-state index is 0.151. The molecule has 1 aromatic rings. The van der Waals surface area contributed by atoms with E-state index < -0.39 is 10.0 Å². The molecule has 2 heterocycles. The van der Waals surface area contributed by atoms with Gasteiger partial charge in [0.05, 0.1) is 0 Å². The third kappa shape index (κ3) is 3.91.